The van der Waals surface area contributed by atoms with Crippen molar-refractivity contribution in [2.75, 3.05) is 13.6 Å². The molecule has 16 heavy (non-hydrogen) atoms. The Hall–Kier alpha value is -0.940. The van der Waals surface area contributed by atoms with Crippen LogP contribution in [0.3, 0.4) is 0 Å². The Balaban J connectivity index is 3.00. The molecule has 0 fully saturated rings. The van der Waals surface area contributed by atoms with E-state index in [-0.39, 0.29) is 6.54 Å². The van der Waals surface area contributed by atoms with E-state index in [1.165, 1.54) is 12.1 Å². The fourth-order valence-corrected chi connectivity index (χ4v) is 1.62. The Morgan fingerprint density at radius 3 is 2.75 bits per heavy atom. The van der Waals surface area contributed by atoms with Crippen LogP contribution < -0.4 is 5.32 Å². The highest BCUT2D eigenvalue weighted by atomic mass is 35.5. The van der Waals surface area contributed by atoms with Crippen LogP contribution in [0.25, 0.3) is 0 Å². The average Bonchev–Trinajstić information content (AvgIpc) is 2.28. The van der Waals surface area contributed by atoms with Crippen molar-refractivity contribution in [3.8, 4) is 0 Å². The van der Waals surface area contributed by atoms with Crippen LogP contribution in [-0.4, -0.2) is 36.2 Å². The fraction of sp³-hybridized carbons (Fsp3) is 0.364. The van der Waals surface area contributed by atoms with Gasteiger partial charge >= 0.3 is 0 Å². The summed E-state index contributed by atoms with van der Waals surface area (Å²) in [6.45, 7) is 0.228. The number of carbonyl (C=O) groups is 1. The first-order valence-electron chi connectivity index (χ1n) is 4.85. The smallest absolute Gasteiger partial charge is 0.150 e. The first-order valence-corrected chi connectivity index (χ1v) is 5.23. The predicted octanol–water partition coefficient (Wildman–Crippen LogP) is 0.766. The fourth-order valence-electron chi connectivity index (χ4n) is 1.44. The Bertz CT molecular complexity index is 370. The molecular weight excluding hydrogens is 230 g/mol. The van der Waals surface area contributed by atoms with Gasteiger partial charge in [-0.25, -0.2) is 0 Å². The van der Waals surface area contributed by atoms with Crippen LogP contribution in [0.5, 0.6) is 0 Å². The number of aliphatic hydroxyl groups excluding tert-OH is 2. The zero-order chi connectivity index (χ0) is 12.1. The minimum absolute atomic E-state index is 0.228. The molecular formula is C11H14ClNO3. The van der Waals surface area contributed by atoms with Gasteiger partial charge in [-0.3, -0.25) is 4.79 Å². The molecule has 1 aromatic carbocycles. The highest BCUT2D eigenvalue weighted by molar-refractivity contribution is 6.30. The monoisotopic (exact) mass is 243 g/mol. The summed E-state index contributed by atoms with van der Waals surface area (Å²) in [6, 6.07) is 4.56. The van der Waals surface area contributed by atoms with Crippen LogP contribution in [0.1, 0.15) is 22.0 Å². The lowest BCUT2D eigenvalue weighted by Crippen LogP contribution is -2.30. The van der Waals surface area contributed by atoms with Crippen molar-refractivity contribution in [3.05, 3.63) is 34.3 Å². The zero-order valence-corrected chi connectivity index (χ0v) is 9.61. The molecule has 1 aromatic rings. The topological polar surface area (TPSA) is 69.6 Å². The predicted molar refractivity (Wildman–Crippen MR) is 61.7 cm³/mol. The van der Waals surface area contributed by atoms with Crippen LogP contribution in [0.15, 0.2) is 18.2 Å². The number of aliphatic hydroxyl groups is 2. The summed E-state index contributed by atoms with van der Waals surface area (Å²) < 4.78 is 0. The van der Waals surface area contributed by atoms with E-state index in [2.05, 4.69) is 5.32 Å². The van der Waals surface area contributed by atoms with Gasteiger partial charge < -0.3 is 15.5 Å². The molecule has 0 aromatic heterocycles. The van der Waals surface area contributed by atoms with Crippen LogP contribution >= 0.6 is 11.6 Å². The summed E-state index contributed by atoms with van der Waals surface area (Å²) in [6.07, 6.45) is -1.49. The van der Waals surface area contributed by atoms with Crippen molar-refractivity contribution in [2.45, 2.75) is 12.2 Å². The minimum Gasteiger partial charge on any atom is -0.389 e. The van der Waals surface area contributed by atoms with E-state index in [1.807, 2.05) is 0 Å². The summed E-state index contributed by atoms with van der Waals surface area (Å²) >= 11 is 5.78. The second kappa shape index (κ2) is 5.96. The Morgan fingerprint density at radius 1 is 1.50 bits per heavy atom. The molecule has 4 nitrogen and oxygen atoms in total. The molecule has 0 spiro atoms. The van der Waals surface area contributed by atoms with E-state index in [0.717, 1.165) is 0 Å². The van der Waals surface area contributed by atoms with E-state index < -0.39 is 12.2 Å². The van der Waals surface area contributed by atoms with Crippen molar-refractivity contribution < 1.29 is 15.0 Å². The maximum Gasteiger partial charge on any atom is 0.150 e. The SMILES string of the molecule is CNCC(O)C(O)c1cc(Cl)ccc1C=O. The second-order valence-corrected chi connectivity index (χ2v) is 3.90. The second-order valence-electron chi connectivity index (χ2n) is 3.46. The standard InChI is InChI=1S/C11H14ClNO3/c1-13-5-10(15)11(16)9-4-8(12)3-2-7(9)6-14/h2-4,6,10-11,13,15-16H,5H2,1H3. The summed E-state index contributed by atoms with van der Waals surface area (Å²) in [5.74, 6) is 0. The van der Waals surface area contributed by atoms with Crippen LogP contribution in [0, 0.1) is 0 Å². The highest BCUT2D eigenvalue weighted by Gasteiger charge is 2.20. The average molecular weight is 244 g/mol. The van der Waals surface area contributed by atoms with Crippen molar-refractivity contribution in [2.24, 2.45) is 0 Å². The third-order valence-electron chi connectivity index (χ3n) is 2.27. The maximum atomic E-state index is 10.8. The van der Waals surface area contributed by atoms with Gasteiger partial charge in [0.15, 0.2) is 0 Å². The molecule has 1 rings (SSSR count). The third-order valence-corrected chi connectivity index (χ3v) is 2.51. The lowest BCUT2D eigenvalue weighted by molar-refractivity contribution is 0.0199. The summed E-state index contributed by atoms with van der Waals surface area (Å²) in [7, 11) is 1.66. The van der Waals surface area contributed by atoms with Gasteiger partial charge in [-0.2, -0.15) is 0 Å². The lowest BCUT2D eigenvalue weighted by atomic mass is 9.99. The summed E-state index contributed by atoms with van der Waals surface area (Å²) in [5.41, 5.74) is 0.664. The van der Waals surface area contributed by atoms with Crippen molar-refractivity contribution in [1.82, 2.24) is 5.32 Å². The Labute approximate surface area is 98.9 Å². The van der Waals surface area contributed by atoms with Crippen molar-refractivity contribution >= 4 is 17.9 Å². The van der Waals surface area contributed by atoms with Gasteiger partial charge in [0.1, 0.15) is 12.4 Å². The largest absolute Gasteiger partial charge is 0.389 e. The van der Waals surface area contributed by atoms with E-state index in [1.54, 1.807) is 13.1 Å². The van der Waals surface area contributed by atoms with Gasteiger partial charge in [0.2, 0.25) is 0 Å². The van der Waals surface area contributed by atoms with Gasteiger partial charge in [-0.15, -0.1) is 0 Å². The van der Waals surface area contributed by atoms with Crippen LogP contribution in [0.2, 0.25) is 5.02 Å². The number of nitrogens with one attached hydrogen (secondary N) is 1. The number of rotatable bonds is 5. The first kappa shape index (κ1) is 13.1. The summed E-state index contributed by atoms with van der Waals surface area (Å²) in [5, 5.41) is 22.6. The molecule has 3 N–H and O–H groups in total. The number of aldehydes is 1. The number of halogens is 1. The molecule has 0 amide bonds. The van der Waals surface area contributed by atoms with Crippen molar-refractivity contribution in [1.29, 1.82) is 0 Å². The highest BCUT2D eigenvalue weighted by Crippen LogP contribution is 2.23. The van der Waals surface area contributed by atoms with Gasteiger partial charge in [-0.1, -0.05) is 11.6 Å². The maximum absolute atomic E-state index is 10.8. The van der Waals surface area contributed by atoms with E-state index >= 15 is 0 Å². The molecule has 0 aliphatic carbocycles. The molecule has 2 atom stereocenters. The first-order chi connectivity index (χ1) is 7.60. The van der Waals surface area contributed by atoms with E-state index in [4.69, 9.17) is 11.6 Å². The number of benzene rings is 1. The summed E-state index contributed by atoms with van der Waals surface area (Å²) in [4.78, 5) is 10.8. The molecule has 0 aliphatic rings. The molecule has 0 saturated heterocycles. The number of hydrogen-bond donors (Lipinski definition) is 3. The van der Waals surface area contributed by atoms with E-state index in [0.29, 0.717) is 22.4 Å². The lowest BCUT2D eigenvalue weighted by Gasteiger charge is -2.19. The minimum atomic E-state index is -1.13. The van der Waals surface area contributed by atoms with Gasteiger partial charge in [0.25, 0.3) is 0 Å². The zero-order valence-electron chi connectivity index (χ0n) is 8.85. The molecule has 0 aliphatic heterocycles. The number of carbonyl (C=O) groups excluding carboxylic acids is 1. The molecule has 2 unspecified atom stereocenters. The molecule has 88 valence electrons. The Morgan fingerprint density at radius 2 is 2.19 bits per heavy atom. The van der Waals surface area contributed by atoms with Crippen LogP contribution in [-0.2, 0) is 0 Å². The third kappa shape index (κ3) is 3.02. The Kier molecular flexibility index (Phi) is 4.89. The van der Waals surface area contributed by atoms with E-state index in [9.17, 15) is 15.0 Å². The molecule has 0 heterocycles. The van der Waals surface area contributed by atoms with Crippen LogP contribution in [0.4, 0.5) is 0 Å². The van der Waals surface area contributed by atoms with Gasteiger partial charge in [0, 0.05) is 17.1 Å². The number of hydrogen-bond acceptors (Lipinski definition) is 4. The molecule has 5 heteroatoms. The quantitative estimate of drug-likeness (QED) is 0.668. The van der Waals surface area contributed by atoms with Gasteiger partial charge in [0.05, 0.1) is 6.10 Å². The normalized spacial score (nSPS) is 14.5. The molecule has 0 saturated carbocycles. The van der Waals surface area contributed by atoms with Crippen molar-refractivity contribution in [3.63, 3.8) is 0 Å². The van der Waals surface area contributed by atoms with Gasteiger partial charge in [-0.05, 0) is 30.8 Å². The molecule has 0 bridgehead atoms. The number of likely N-dealkylation sites (N-methyl/N-ethyl adjacent to an activating group) is 1. The molecule has 0 radical (unpaired) electrons.